The van der Waals surface area contributed by atoms with Crippen LogP contribution in [0.5, 0.6) is 5.75 Å². The first kappa shape index (κ1) is 20.4. The highest BCUT2D eigenvalue weighted by atomic mass is 16.5. The number of nitrogens with one attached hydrogen (secondary N) is 1. The van der Waals surface area contributed by atoms with E-state index in [1.54, 1.807) is 25.8 Å². The molecule has 9 heteroatoms. The molecule has 0 aliphatic heterocycles. The highest BCUT2D eigenvalue weighted by molar-refractivity contribution is 6.00. The van der Waals surface area contributed by atoms with Crippen LogP contribution in [0.1, 0.15) is 5.69 Å². The van der Waals surface area contributed by atoms with Crippen molar-refractivity contribution >= 4 is 22.5 Å². The lowest BCUT2D eigenvalue weighted by Crippen LogP contribution is -2.19. The highest BCUT2D eigenvalue weighted by Gasteiger charge is 2.13. The molecule has 0 atom stereocenters. The molecule has 0 aliphatic rings. The number of pyridine rings is 1. The average molecular weight is 439 g/mol. The van der Waals surface area contributed by atoms with Crippen molar-refractivity contribution in [3.05, 3.63) is 79.1 Å². The summed E-state index contributed by atoms with van der Waals surface area (Å²) in [5, 5.41) is 12.2. The van der Waals surface area contributed by atoms with Crippen LogP contribution in [0.2, 0.25) is 0 Å². The third-order valence-electron chi connectivity index (χ3n) is 5.22. The Labute approximate surface area is 189 Å². The Hall–Kier alpha value is -4.53. The molecule has 33 heavy (non-hydrogen) atoms. The van der Waals surface area contributed by atoms with E-state index in [0.717, 1.165) is 27.8 Å². The molecule has 0 aliphatic carbocycles. The normalized spacial score (nSPS) is 11.0. The minimum atomic E-state index is -0.215. The largest absolute Gasteiger partial charge is 0.495 e. The molecule has 2 aromatic carbocycles. The summed E-state index contributed by atoms with van der Waals surface area (Å²) in [6, 6.07) is 15.2. The number of hydrogen-bond donors (Lipinski definition) is 1. The third-order valence-corrected chi connectivity index (χ3v) is 5.22. The molecule has 9 nitrogen and oxygen atoms in total. The molecule has 3 heterocycles. The number of ether oxygens (including phenoxy) is 1. The fourth-order valence-corrected chi connectivity index (χ4v) is 3.65. The van der Waals surface area contributed by atoms with Gasteiger partial charge < -0.3 is 14.6 Å². The van der Waals surface area contributed by atoms with E-state index >= 15 is 0 Å². The predicted molar refractivity (Wildman–Crippen MR) is 124 cm³/mol. The average Bonchev–Trinajstić information content (AvgIpc) is 3.48. The van der Waals surface area contributed by atoms with Crippen LogP contribution in [0.15, 0.2) is 73.4 Å². The van der Waals surface area contributed by atoms with Gasteiger partial charge >= 0.3 is 0 Å². The minimum absolute atomic E-state index is 0.0275. The summed E-state index contributed by atoms with van der Waals surface area (Å²) < 4.78 is 8.98. The first-order chi connectivity index (χ1) is 16.1. The predicted octanol–water partition coefficient (Wildman–Crippen LogP) is 3.63. The number of rotatable bonds is 6. The summed E-state index contributed by atoms with van der Waals surface area (Å²) in [6.07, 6.45) is 7.11. The van der Waals surface area contributed by atoms with Gasteiger partial charge in [0.15, 0.2) is 0 Å². The molecule has 5 aromatic rings. The van der Waals surface area contributed by atoms with Crippen molar-refractivity contribution in [2.75, 3.05) is 12.4 Å². The van der Waals surface area contributed by atoms with E-state index < -0.39 is 0 Å². The van der Waals surface area contributed by atoms with Gasteiger partial charge in [0, 0.05) is 23.3 Å². The number of carbonyl (C=O) groups excluding carboxylic acids is 1. The van der Waals surface area contributed by atoms with Crippen LogP contribution in [0, 0.1) is 6.92 Å². The maximum Gasteiger partial charge on any atom is 0.246 e. The summed E-state index contributed by atoms with van der Waals surface area (Å²) >= 11 is 0. The zero-order valence-electron chi connectivity index (χ0n) is 18.1. The van der Waals surface area contributed by atoms with Crippen molar-refractivity contribution in [3.63, 3.8) is 0 Å². The quantitative estimate of drug-likeness (QED) is 0.434. The highest BCUT2D eigenvalue weighted by Crippen LogP contribution is 2.29. The van der Waals surface area contributed by atoms with E-state index in [-0.39, 0.29) is 12.5 Å². The fraction of sp³-hybridized carbons (Fsp3) is 0.125. The van der Waals surface area contributed by atoms with Crippen LogP contribution in [-0.4, -0.2) is 42.5 Å². The molecule has 0 spiro atoms. The Morgan fingerprint density at radius 2 is 1.97 bits per heavy atom. The van der Waals surface area contributed by atoms with Crippen LogP contribution in [0.3, 0.4) is 0 Å². The van der Waals surface area contributed by atoms with Gasteiger partial charge in [0.1, 0.15) is 18.0 Å². The summed E-state index contributed by atoms with van der Waals surface area (Å²) in [7, 11) is 1.62. The number of carbonyl (C=O) groups is 1. The summed E-state index contributed by atoms with van der Waals surface area (Å²) in [5.74, 6) is 0.466. The zero-order valence-corrected chi connectivity index (χ0v) is 18.1. The second kappa shape index (κ2) is 8.54. The van der Waals surface area contributed by atoms with E-state index in [4.69, 9.17) is 4.74 Å². The molecule has 0 bridgehead atoms. The third kappa shape index (κ3) is 4.16. The van der Waals surface area contributed by atoms with Crippen LogP contribution < -0.4 is 10.1 Å². The number of aryl methyl sites for hydroxylation is 1. The molecule has 164 valence electrons. The number of benzene rings is 2. The van der Waals surface area contributed by atoms with Crippen molar-refractivity contribution < 1.29 is 9.53 Å². The van der Waals surface area contributed by atoms with E-state index in [1.807, 2.05) is 66.2 Å². The van der Waals surface area contributed by atoms with E-state index in [0.29, 0.717) is 17.1 Å². The van der Waals surface area contributed by atoms with Gasteiger partial charge in [-0.3, -0.25) is 9.78 Å². The Morgan fingerprint density at radius 3 is 2.79 bits per heavy atom. The molecule has 0 radical (unpaired) electrons. The van der Waals surface area contributed by atoms with Gasteiger partial charge in [-0.1, -0.05) is 29.5 Å². The molecule has 1 amide bonds. The molecule has 0 unspecified atom stereocenters. The first-order valence-electron chi connectivity index (χ1n) is 10.3. The molecular weight excluding hydrogens is 418 g/mol. The summed E-state index contributed by atoms with van der Waals surface area (Å²) in [6.45, 7) is 1.96. The second-order valence-electron chi connectivity index (χ2n) is 7.54. The van der Waals surface area contributed by atoms with Crippen molar-refractivity contribution in [2.45, 2.75) is 13.5 Å². The number of imidazole rings is 1. The molecule has 0 saturated heterocycles. The van der Waals surface area contributed by atoms with Gasteiger partial charge in [0.25, 0.3) is 0 Å². The van der Waals surface area contributed by atoms with Crippen molar-refractivity contribution in [2.24, 2.45) is 0 Å². The topological polar surface area (TPSA) is 99.7 Å². The molecule has 0 fully saturated rings. The standard InChI is InChI=1S/C24H21N7O2/c1-16-12-30(15-26-16)21-9-8-18(11-22(21)33-2)20-13-31(29-28-20)14-23(32)27-19-7-3-5-17-6-4-10-25-24(17)19/h3-13,15H,14H2,1-2H3,(H,27,32). The van der Waals surface area contributed by atoms with Gasteiger partial charge in [0.2, 0.25) is 5.91 Å². The number of amides is 1. The number of methoxy groups -OCH3 is 1. The molecule has 5 rings (SSSR count). The van der Waals surface area contributed by atoms with Gasteiger partial charge in [0.05, 0.1) is 42.2 Å². The molecule has 0 saturated carbocycles. The molecule has 1 N–H and O–H groups in total. The Balaban J connectivity index is 1.33. The van der Waals surface area contributed by atoms with Crippen molar-refractivity contribution in [3.8, 4) is 22.7 Å². The van der Waals surface area contributed by atoms with Crippen molar-refractivity contribution in [1.82, 2.24) is 29.5 Å². The number of aromatic nitrogens is 6. The van der Waals surface area contributed by atoms with Gasteiger partial charge in [-0.2, -0.15) is 0 Å². The van der Waals surface area contributed by atoms with Gasteiger partial charge in [-0.15, -0.1) is 5.10 Å². The summed E-state index contributed by atoms with van der Waals surface area (Å²) in [5.41, 5.74) is 4.67. The SMILES string of the molecule is COc1cc(-c2cn(CC(=O)Nc3cccc4cccnc34)nn2)ccc1-n1cnc(C)c1. The summed E-state index contributed by atoms with van der Waals surface area (Å²) in [4.78, 5) is 21.3. The number of para-hydroxylation sites is 1. The maximum absolute atomic E-state index is 12.6. The van der Waals surface area contributed by atoms with Crippen molar-refractivity contribution in [1.29, 1.82) is 0 Å². The first-order valence-corrected chi connectivity index (χ1v) is 10.3. The van der Waals surface area contributed by atoms with Crippen LogP contribution >= 0.6 is 0 Å². The van der Waals surface area contributed by atoms with E-state index in [2.05, 4.69) is 25.6 Å². The van der Waals surface area contributed by atoms with Gasteiger partial charge in [-0.05, 0) is 31.2 Å². The fourth-order valence-electron chi connectivity index (χ4n) is 3.65. The minimum Gasteiger partial charge on any atom is -0.495 e. The second-order valence-corrected chi connectivity index (χ2v) is 7.54. The van der Waals surface area contributed by atoms with E-state index in [1.165, 1.54) is 4.68 Å². The Bertz CT molecular complexity index is 1450. The lowest BCUT2D eigenvalue weighted by atomic mass is 10.1. The smallest absolute Gasteiger partial charge is 0.246 e. The monoisotopic (exact) mass is 439 g/mol. The van der Waals surface area contributed by atoms with E-state index in [9.17, 15) is 4.79 Å². The Morgan fingerprint density at radius 1 is 1.09 bits per heavy atom. The van der Waals surface area contributed by atoms with Crippen LogP contribution in [0.4, 0.5) is 5.69 Å². The van der Waals surface area contributed by atoms with Crippen LogP contribution in [-0.2, 0) is 11.3 Å². The van der Waals surface area contributed by atoms with Gasteiger partial charge in [-0.25, -0.2) is 9.67 Å². The number of fused-ring (bicyclic) bond motifs is 1. The number of anilines is 1. The number of hydrogen-bond acceptors (Lipinski definition) is 6. The zero-order chi connectivity index (χ0) is 22.8. The Kier molecular flexibility index (Phi) is 5.27. The lowest BCUT2D eigenvalue weighted by molar-refractivity contribution is -0.116. The number of nitrogens with zero attached hydrogens (tertiary/aromatic N) is 6. The molecule has 3 aromatic heterocycles. The lowest BCUT2D eigenvalue weighted by Gasteiger charge is -2.10. The molecular formula is C24H21N7O2. The van der Waals surface area contributed by atoms with Crippen LogP contribution in [0.25, 0.3) is 27.8 Å². The maximum atomic E-state index is 12.6.